The molecular formula is C17H30O4. The summed E-state index contributed by atoms with van der Waals surface area (Å²) in [6.45, 7) is 9.03. The van der Waals surface area contributed by atoms with E-state index in [1.165, 1.54) is 18.9 Å². The molecule has 0 radical (unpaired) electrons. The van der Waals surface area contributed by atoms with E-state index in [0.29, 0.717) is 12.5 Å². The van der Waals surface area contributed by atoms with Crippen LogP contribution in [0, 0.1) is 5.92 Å². The molecule has 3 unspecified atom stereocenters. The monoisotopic (exact) mass is 298 g/mol. The van der Waals surface area contributed by atoms with Crippen LogP contribution in [0.3, 0.4) is 0 Å². The molecule has 0 aromatic carbocycles. The van der Waals surface area contributed by atoms with Crippen LogP contribution < -0.4 is 0 Å². The van der Waals surface area contributed by atoms with Gasteiger partial charge in [0.2, 0.25) is 0 Å². The first-order valence-electron chi connectivity index (χ1n) is 8.03. The molecular weight excluding hydrogens is 268 g/mol. The number of esters is 1. The van der Waals surface area contributed by atoms with Gasteiger partial charge in [-0.2, -0.15) is 0 Å². The molecule has 0 spiro atoms. The van der Waals surface area contributed by atoms with Crippen molar-refractivity contribution in [3.05, 3.63) is 11.6 Å². The zero-order chi connectivity index (χ0) is 15.7. The second kappa shape index (κ2) is 9.96. The van der Waals surface area contributed by atoms with Gasteiger partial charge in [0.1, 0.15) is 0 Å². The second-order valence-electron chi connectivity index (χ2n) is 6.09. The predicted molar refractivity (Wildman–Crippen MR) is 82.9 cm³/mol. The first kappa shape index (κ1) is 18.2. The van der Waals surface area contributed by atoms with E-state index in [-0.39, 0.29) is 18.4 Å². The summed E-state index contributed by atoms with van der Waals surface area (Å²) < 4.78 is 16.9. The number of hydrogen-bond donors (Lipinski definition) is 0. The lowest BCUT2D eigenvalue weighted by Crippen LogP contribution is -2.32. The van der Waals surface area contributed by atoms with E-state index in [2.05, 4.69) is 26.8 Å². The number of rotatable bonds is 8. The molecule has 1 rings (SSSR count). The lowest BCUT2D eigenvalue weighted by atomic mass is 9.97. The molecule has 3 atom stereocenters. The summed E-state index contributed by atoms with van der Waals surface area (Å²) in [6.07, 6.45) is 7.20. The van der Waals surface area contributed by atoms with Crippen molar-refractivity contribution in [2.24, 2.45) is 5.92 Å². The van der Waals surface area contributed by atoms with Gasteiger partial charge in [-0.3, -0.25) is 4.79 Å². The molecule has 1 aliphatic heterocycles. The Morgan fingerprint density at radius 2 is 2.10 bits per heavy atom. The molecule has 0 bridgehead atoms. The molecule has 1 aliphatic rings. The van der Waals surface area contributed by atoms with Crippen LogP contribution in [0.2, 0.25) is 0 Å². The summed E-state index contributed by atoms with van der Waals surface area (Å²) in [6, 6.07) is 0. The van der Waals surface area contributed by atoms with Gasteiger partial charge in [-0.15, -0.1) is 0 Å². The Bertz CT molecular complexity index is 328. The second-order valence-corrected chi connectivity index (χ2v) is 6.09. The number of allylic oxidation sites excluding steroid dienone is 1. The summed E-state index contributed by atoms with van der Waals surface area (Å²) in [7, 11) is 0. The highest BCUT2D eigenvalue weighted by molar-refractivity contribution is 5.65. The van der Waals surface area contributed by atoms with Crippen LogP contribution in [-0.4, -0.2) is 31.6 Å². The maximum atomic E-state index is 10.8. The fraction of sp³-hybridized carbons (Fsp3) is 0.824. The molecule has 0 aliphatic carbocycles. The minimum absolute atomic E-state index is 0.0783. The number of carbonyl (C=O) groups is 1. The summed E-state index contributed by atoms with van der Waals surface area (Å²) in [4.78, 5) is 10.8. The van der Waals surface area contributed by atoms with Crippen molar-refractivity contribution in [2.75, 3.05) is 13.2 Å². The van der Waals surface area contributed by atoms with Crippen molar-refractivity contribution in [2.45, 2.75) is 72.2 Å². The Kier molecular flexibility index (Phi) is 8.62. The van der Waals surface area contributed by atoms with Gasteiger partial charge >= 0.3 is 5.97 Å². The largest absolute Gasteiger partial charge is 0.466 e. The summed E-state index contributed by atoms with van der Waals surface area (Å²) in [5.41, 5.74) is 1.29. The Labute approximate surface area is 128 Å². The van der Waals surface area contributed by atoms with Gasteiger partial charge in [0.05, 0.1) is 12.7 Å². The zero-order valence-electron chi connectivity index (χ0n) is 13.9. The first-order chi connectivity index (χ1) is 9.99. The summed E-state index contributed by atoms with van der Waals surface area (Å²) >= 11 is 0. The Morgan fingerprint density at radius 1 is 1.33 bits per heavy atom. The fourth-order valence-electron chi connectivity index (χ4n) is 2.36. The molecule has 4 heteroatoms. The van der Waals surface area contributed by atoms with Crippen molar-refractivity contribution >= 4 is 5.97 Å². The van der Waals surface area contributed by atoms with Gasteiger partial charge in [-0.25, -0.2) is 0 Å². The van der Waals surface area contributed by atoms with Gasteiger partial charge in [0.15, 0.2) is 6.29 Å². The highest BCUT2D eigenvalue weighted by Crippen LogP contribution is 2.23. The van der Waals surface area contributed by atoms with Crippen LogP contribution >= 0.6 is 0 Å². The van der Waals surface area contributed by atoms with Crippen molar-refractivity contribution in [3.63, 3.8) is 0 Å². The molecule has 0 aromatic rings. The van der Waals surface area contributed by atoms with Crippen molar-refractivity contribution in [3.8, 4) is 0 Å². The van der Waals surface area contributed by atoms with Crippen molar-refractivity contribution in [1.29, 1.82) is 0 Å². The Balaban J connectivity index is 2.48. The minimum Gasteiger partial charge on any atom is -0.466 e. The van der Waals surface area contributed by atoms with E-state index in [0.717, 1.165) is 32.3 Å². The smallest absolute Gasteiger partial charge is 0.302 e. The summed E-state index contributed by atoms with van der Waals surface area (Å²) in [5, 5.41) is 0. The normalized spacial score (nSPS) is 21.4. The van der Waals surface area contributed by atoms with Gasteiger partial charge < -0.3 is 14.2 Å². The minimum atomic E-state index is -0.223. The highest BCUT2D eigenvalue weighted by atomic mass is 16.7. The molecule has 122 valence electrons. The quantitative estimate of drug-likeness (QED) is 0.504. The third kappa shape index (κ3) is 8.22. The fourth-order valence-corrected chi connectivity index (χ4v) is 2.36. The predicted octanol–water partition coefficient (Wildman–Crippen LogP) is 3.84. The first-order valence-corrected chi connectivity index (χ1v) is 8.03. The van der Waals surface area contributed by atoms with Gasteiger partial charge in [-0.05, 0) is 51.9 Å². The van der Waals surface area contributed by atoms with Gasteiger partial charge in [-0.1, -0.05) is 18.6 Å². The molecule has 21 heavy (non-hydrogen) atoms. The van der Waals surface area contributed by atoms with Crippen molar-refractivity contribution in [1.82, 2.24) is 0 Å². The Morgan fingerprint density at radius 3 is 2.67 bits per heavy atom. The molecule has 1 saturated heterocycles. The SMILES string of the molecule is CC(=O)OCCC(C)C(CC=C(C)C)OC1CCCCO1. The van der Waals surface area contributed by atoms with Crippen LogP contribution in [0.4, 0.5) is 0 Å². The molecule has 0 amide bonds. The molecule has 1 fully saturated rings. The third-order valence-corrected chi connectivity index (χ3v) is 3.74. The third-order valence-electron chi connectivity index (χ3n) is 3.74. The molecule has 4 nitrogen and oxygen atoms in total. The van der Waals surface area contributed by atoms with E-state index >= 15 is 0 Å². The van der Waals surface area contributed by atoms with E-state index in [1.807, 2.05) is 0 Å². The van der Waals surface area contributed by atoms with Crippen molar-refractivity contribution < 1.29 is 19.0 Å². The van der Waals surface area contributed by atoms with E-state index < -0.39 is 0 Å². The summed E-state index contributed by atoms with van der Waals surface area (Å²) in [5.74, 6) is 0.102. The van der Waals surface area contributed by atoms with Crippen LogP contribution in [0.15, 0.2) is 11.6 Å². The Hall–Kier alpha value is -0.870. The maximum absolute atomic E-state index is 10.8. The number of ether oxygens (including phenoxy) is 3. The standard InChI is InChI=1S/C17H30O4/c1-13(2)8-9-16(14(3)10-12-19-15(4)18)21-17-7-5-6-11-20-17/h8,14,16-17H,5-7,9-12H2,1-4H3. The van der Waals surface area contributed by atoms with E-state index in [4.69, 9.17) is 14.2 Å². The zero-order valence-corrected chi connectivity index (χ0v) is 13.9. The van der Waals surface area contributed by atoms with Crippen LogP contribution in [0.1, 0.15) is 59.8 Å². The molecule has 1 heterocycles. The van der Waals surface area contributed by atoms with Gasteiger partial charge in [0.25, 0.3) is 0 Å². The highest BCUT2D eigenvalue weighted by Gasteiger charge is 2.23. The lowest BCUT2D eigenvalue weighted by molar-refractivity contribution is -0.197. The number of carbonyl (C=O) groups excluding carboxylic acids is 1. The maximum Gasteiger partial charge on any atom is 0.302 e. The lowest BCUT2D eigenvalue weighted by Gasteiger charge is -2.30. The van der Waals surface area contributed by atoms with Crippen LogP contribution in [0.25, 0.3) is 0 Å². The van der Waals surface area contributed by atoms with Gasteiger partial charge in [0, 0.05) is 13.5 Å². The average molecular weight is 298 g/mol. The average Bonchev–Trinajstić information content (AvgIpc) is 2.43. The van der Waals surface area contributed by atoms with E-state index in [9.17, 15) is 4.79 Å². The molecule has 0 saturated carbocycles. The van der Waals surface area contributed by atoms with Crippen LogP contribution in [0.5, 0.6) is 0 Å². The molecule has 0 aromatic heterocycles. The number of hydrogen-bond acceptors (Lipinski definition) is 4. The molecule has 0 N–H and O–H groups in total. The topological polar surface area (TPSA) is 44.8 Å². The van der Waals surface area contributed by atoms with Crippen LogP contribution in [-0.2, 0) is 19.0 Å². The van der Waals surface area contributed by atoms with E-state index in [1.54, 1.807) is 0 Å².